The maximum absolute atomic E-state index is 6.03. The summed E-state index contributed by atoms with van der Waals surface area (Å²) in [7, 11) is 0. The first kappa shape index (κ1) is 7.60. The maximum Gasteiger partial charge on any atom is 0.0713 e. The van der Waals surface area contributed by atoms with Gasteiger partial charge in [0.15, 0.2) is 0 Å². The first-order valence-electron chi connectivity index (χ1n) is 4.82. The lowest BCUT2D eigenvalue weighted by Crippen LogP contribution is -2.32. The van der Waals surface area contributed by atoms with Crippen molar-refractivity contribution >= 4 is 0 Å². The Kier molecular flexibility index (Phi) is 1.54. The molecule has 0 aromatic rings. The summed E-state index contributed by atoms with van der Waals surface area (Å²) >= 11 is 0. The summed E-state index contributed by atoms with van der Waals surface area (Å²) in [5, 5.41) is 0. The molecule has 2 saturated heterocycles. The average Bonchev–Trinajstić information content (AvgIpc) is 2.44. The summed E-state index contributed by atoms with van der Waals surface area (Å²) in [5.74, 6) is 1.52. The third-order valence-corrected chi connectivity index (χ3v) is 3.59. The van der Waals surface area contributed by atoms with Crippen LogP contribution in [0.5, 0.6) is 0 Å². The van der Waals surface area contributed by atoms with Crippen LogP contribution in [0.3, 0.4) is 0 Å². The smallest absolute Gasteiger partial charge is 0.0713 e. The van der Waals surface area contributed by atoms with Crippen LogP contribution in [0.4, 0.5) is 0 Å². The van der Waals surface area contributed by atoms with Crippen molar-refractivity contribution in [3.05, 3.63) is 0 Å². The summed E-state index contributed by atoms with van der Waals surface area (Å²) in [5.41, 5.74) is 0.282. The van der Waals surface area contributed by atoms with Gasteiger partial charge >= 0.3 is 0 Å². The van der Waals surface area contributed by atoms with Crippen molar-refractivity contribution in [3.8, 4) is 0 Å². The molecule has 11 heavy (non-hydrogen) atoms. The van der Waals surface area contributed by atoms with Crippen LogP contribution in [0, 0.1) is 11.8 Å². The van der Waals surface area contributed by atoms with Gasteiger partial charge in [0.1, 0.15) is 0 Å². The Labute approximate surface area is 69.1 Å². The van der Waals surface area contributed by atoms with Crippen molar-refractivity contribution in [1.29, 1.82) is 0 Å². The standard InChI is InChI=1S/C10H18O/c1-7(2)10-5-4-9(11-10)8(3)6-10/h7-9H,4-6H2,1-3H3. The van der Waals surface area contributed by atoms with Crippen molar-refractivity contribution < 1.29 is 4.74 Å². The van der Waals surface area contributed by atoms with Gasteiger partial charge in [-0.25, -0.2) is 0 Å². The zero-order valence-electron chi connectivity index (χ0n) is 7.76. The molecule has 0 aromatic carbocycles. The van der Waals surface area contributed by atoms with E-state index in [0.29, 0.717) is 12.0 Å². The number of hydrogen-bond acceptors (Lipinski definition) is 1. The average molecular weight is 154 g/mol. The fourth-order valence-corrected chi connectivity index (χ4v) is 2.69. The number of fused-ring (bicyclic) bond motifs is 2. The Hall–Kier alpha value is -0.0400. The Morgan fingerprint density at radius 2 is 2.18 bits per heavy atom. The van der Waals surface area contributed by atoms with Crippen LogP contribution in [0.25, 0.3) is 0 Å². The van der Waals surface area contributed by atoms with Crippen molar-refractivity contribution in [2.75, 3.05) is 0 Å². The molecule has 2 aliphatic rings. The molecule has 2 heterocycles. The van der Waals surface area contributed by atoms with Gasteiger partial charge in [-0.3, -0.25) is 0 Å². The molecule has 0 aliphatic carbocycles. The second-order valence-corrected chi connectivity index (χ2v) is 4.60. The van der Waals surface area contributed by atoms with Gasteiger partial charge in [0, 0.05) is 0 Å². The van der Waals surface area contributed by atoms with Crippen LogP contribution in [0.2, 0.25) is 0 Å². The quantitative estimate of drug-likeness (QED) is 0.564. The molecule has 0 aromatic heterocycles. The molecule has 0 radical (unpaired) electrons. The van der Waals surface area contributed by atoms with E-state index < -0.39 is 0 Å². The monoisotopic (exact) mass is 154 g/mol. The zero-order chi connectivity index (χ0) is 8.06. The highest BCUT2D eigenvalue weighted by atomic mass is 16.5. The number of hydrogen-bond donors (Lipinski definition) is 0. The molecule has 1 heteroatoms. The molecular weight excluding hydrogens is 136 g/mol. The molecular formula is C10H18O. The van der Waals surface area contributed by atoms with Crippen LogP contribution in [0.15, 0.2) is 0 Å². The van der Waals surface area contributed by atoms with Crippen LogP contribution in [-0.2, 0) is 4.74 Å². The lowest BCUT2D eigenvalue weighted by Gasteiger charge is -2.29. The predicted molar refractivity (Wildman–Crippen MR) is 45.5 cm³/mol. The third kappa shape index (κ3) is 0.936. The van der Waals surface area contributed by atoms with Gasteiger partial charge in [-0.2, -0.15) is 0 Å². The Bertz CT molecular complexity index is 160. The van der Waals surface area contributed by atoms with Crippen LogP contribution >= 0.6 is 0 Å². The fraction of sp³-hybridized carbons (Fsp3) is 1.00. The first-order chi connectivity index (χ1) is 5.14. The van der Waals surface area contributed by atoms with Gasteiger partial charge in [-0.1, -0.05) is 20.8 Å². The Morgan fingerprint density at radius 3 is 2.45 bits per heavy atom. The van der Waals surface area contributed by atoms with Crippen molar-refractivity contribution in [3.63, 3.8) is 0 Å². The van der Waals surface area contributed by atoms with Crippen LogP contribution in [-0.4, -0.2) is 11.7 Å². The number of rotatable bonds is 1. The second-order valence-electron chi connectivity index (χ2n) is 4.60. The molecule has 0 amide bonds. The summed E-state index contributed by atoms with van der Waals surface area (Å²) in [6.07, 6.45) is 4.51. The van der Waals surface area contributed by atoms with E-state index in [1.54, 1.807) is 0 Å². The minimum absolute atomic E-state index is 0.282. The minimum atomic E-state index is 0.282. The molecule has 1 nitrogen and oxygen atoms in total. The van der Waals surface area contributed by atoms with Gasteiger partial charge < -0.3 is 4.74 Å². The molecule has 0 N–H and O–H groups in total. The minimum Gasteiger partial charge on any atom is -0.371 e. The summed E-state index contributed by atoms with van der Waals surface area (Å²) in [6, 6.07) is 0. The van der Waals surface area contributed by atoms with Gasteiger partial charge in [0.2, 0.25) is 0 Å². The molecule has 2 bridgehead atoms. The molecule has 3 atom stereocenters. The van der Waals surface area contributed by atoms with Crippen molar-refractivity contribution in [2.24, 2.45) is 11.8 Å². The van der Waals surface area contributed by atoms with E-state index in [4.69, 9.17) is 4.74 Å². The molecule has 2 fully saturated rings. The molecule has 64 valence electrons. The second kappa shape index (κ2) is 2.22. The molecule has 0 spiro atoms. The normalized spacial score (nSPS) is 49.1. The SMILES string of the molecule is CC1CC2(C(C)C)CCC1O2. The van der Waals surface area contributed by atoms with E-state index in [1.165, 1.54) is 19.3 Å². The molecule has 3 unspecified atom stereocenters. The summed E-state index contributed by atoms with van der Waals surface area (Å²) in [6.45, 7) is 6.91. The molecule has 2 aliphatic heterocycles. The fourth-order valence-electron chi connectivity index (χ4n) is 2.69. The van der Waals surface area contributed by atoms with E-state index in [9.17, 15) is 0 Å². The van der Waals surface area contributed by atoms with Gasteiger partial charge in [-0.05, 0) is 31.1 Å². The van der Waals surface area contributed by atoms with E-state index >= 15 is 0 Å². The summed E-state index contributed by atoms with van der Waals surface area (Å²) in [4.78, 5) is 0. The molecule has 2 rings (SSSR count). The highest BCUT2D eigenvalue weighted by Crippen LogP contribution is 2.50. The predicted octanol–water partition coefficient (Wildman–Crippen LogP) is 2.60. The van der Waals surface area contributed by atoms with Gasteiger partial charge in [-0.15, -0.1) is 0 Å². The van der Waals surface area contributed by atoms with E-state index in [2.05, 4.69) is 20.8 Å². The summed E-state index contributed by atoms with van der Waals surface area (Å²) < 4.78 is 6.03. The number of ether oxygens (including phenoxy) is 1. The van der Waals surface area contributed by atoms with Gasteiger partial charge in [0.25, 0.3) is 0 Å². The largest absolute Gasteiger partial charge is 0.371 e. The molecule has 0 saturated carbocycles. The maximum atomic E-state index is 6.03. The zero-order valence-corrected chi connectivity index (χ0v) is 7.76. The lowest BCUT2D eigenvalue weighted by atomic mass is 9.76. The topological polar surface area (TPSA) is 9.23 Å². The highest BCUT2D eigenvalue weighted by molar-refractivity contribution is 5.00. The van der Waals surface area contributed by atoms with Crippen LogP contribution < -0.4 is 0 Å². The lowest BCUT2D eigenvalue weighted by molar-refractivity contribution is -0.0225. The van der Waals surface area contributed by atoms with Crippen LogP contribution in [0.1, 0.15) is 40.0 Å². The Morgan fingerprint density at radius 1 is 1.45 bits per heavy atom. The van der Waals surface area contributed by atoms with E-state index in [-0.39, 0.29) is 5.60 Å². The first-order valence-corrected chi connectivity index (χ1v) is 4.82. The third-order valence-electron chi connectivity index (χ3n) is 3.59. The van der Waals surface area contributed by atoms with Crippen molar-refractivity contribution in [1.82, 2.24) is 0 Å². The van der Waals surface area contributed by atoms with Crippen molar-refractivity contribution in [2.45, 2.75) is 51.7 Å². The van der Waals surface area contributed by atoms with Gasteiger partial charge in [0.05, 0.1) is 11.7 Å². The Balaban J connectivity index is 2.17. The van der Waals surface area contributed by atoms with E-state index in [1.807, 2.05) is 0 Å². The highest BCUT2D eigenvalue weighted by Gasteiger charge is 2.51. The van der Waals surface area contributed by atoms with E-state index in [0.717, 1.165) is 5.92 Å².